The highest BCUT2D eigenvalue weighted by atomic mass is 79.9. The minimum Gasteiger partial charge on any atom is -0.493 e. The standard InChI is InChI=1S/C38H42Br2F3N3O7S/c1-48-13-14-52-17-18-53-16-15-51-12-11-44-37(47)23-19-29(42)28(30(43)20-23)22-54-38-45-31-6-4-5-26(35(31)46(38)25-9-7-24(41)8-10-25)27-21-32(49-2)36(50-3)34(40)33(27)39/h7-10,19-21,26H,4-6,11-18,22H2,1-3H3,(H,44,47). The highest BCUT2D eigenvalue weighted by Crippen LogP contribution is 2.49. The van der Waals surface area contributed by atoms with Crippen LogP contribution in [-0.2, 0) is 31.1 Å². The van der Waals surface area contributed by atoms with Crippen molar-refractivity contribution in [2.75, 3.05) is 74.1 Å². The number of amides is 1. The number of hydrogen-bond acceptors (Lipinski definition) is 9. The quantitative estimate of drug-likeness (QED) is 0.0699. The first-order valence-corrected chi connectivity index (χ1v) is 19.8. The minimum absolute atomic E-state index is 0.109. The van der Waals surface area contributed by atoms with Gasteiger partial charge in [-0.25, -0.2) is 18.2 Å². The Morgan fingerprint density at radius 1 is 0.889 bits per heavy atom. The molecule has 292 valence electrons. The van der Waals surface area contributed by atoms with Gasteiger partial charge in [0, 0.05) is 46.6 Å². The van der Waals surface area contributed by atoms with Crippen LogP contribution in [0.2, 0.25) is 0 Å². The van der Waals surface area contributed by atoms with Crippen molar-refractivity contribution in [3.8, 4) is 17.2 Å². The molecule has 1 aliphatic rings. The fraction of sp³-hybridized carbons (Fsp3) is 0.421. The number of fused-ring (bicyclic) bond motifs is 1. The lowest BCUT2D eigenvalue weighted by Crippen LogP contribution is -2.28. The molecule has 10 nitrogen and oxygen atoms in total. The number of nitrogens with one attached hydrogen (secondary N) is 1. The molecule has 1 heterocycles. The van der Waals surface area contributed by atoms with E-state index >= 15 is 8.78 Å². The average molecular weight is 902 g/mol. The van der Waals surface area contributed by atoms with Crippen LogP contribution in [0.4, 0.5) is 13.2 Å². The summed E-state index contributed by atoms with van der Waals surface area (Å²) in [4.78, 5) is 17.7. The zero-order chi connectivity index (χ0) is 38.6. The van der Waals surface area contributed by atoms with Crippen LogP contribution in [0.25, 0.3) is 5.69 Å². The number of carbonyl (C=O) groups is 1. The van der Waals surface area contributed by atoms with Gasteiger partial charge < -0.3 is 33.7 Å². The fourth-order valence-corrected chi connectivity index (χ4v) is 8.29. The molecule has 0 saturated heterocycles. The van der Waals surface area contributed by atoms with Crippen molar-refractivity contribution in [2.45, 2.75) is 36.1 Å². The molecule has 5 rings (SSSR count). The topological polar surface area (TPSA) is 102 Å². The summed E-state index contributed by atoms with van der Waals surface area (Å²) in [6, 6.07) is 10.0. The van der Waals surface area contributed by atoms with E-state index in [-0.39, 0.29) is 35.9 Å². The Morgan fingerprint density at radius 3 is 2.17 bits per heavy atom. The molecule has 1 aliphatic carbocycles. The second-order valence-electron chi connectivity index (χ2n) is 12.1. The highest BCUT2D eigenvalue weighted by molar-refractivity contribution is 9.13. The van der Waals surface area contributed by atoms with Gasteiger partial charge in [-0.1, -0.05) is 11.8 Å². The van der Waals surface area contributed by atoms with Crippen LogP contribution in [0.5, 0.6) is 11.5 Å². The Kier molecular flexibility index (Phi) is 16.1. The van der Waals surface area contributed by atoms with Gasteiger partial charge in [0.1, 0.15) is 17.5 Å². The molecule has 16 heteroatoms. The Labute approximate surface area is 333 Å². The van der Waals surface area contributed by atoms with E-state index < -0.39 is 23.4 Å². The number of aryl methyl sites for hydroxylation is 1. The smallest absolute Gasteiger partial charge is 0.251 e. The predicted octanol–water partition coefficient (Wildman–Crippen LogP) is 8.02. The van der Waals surface area contributed by atoms with Crippen LogP contribution in [0, 0.1) is 17.5 Å². The minimum atomic E-state index is -0.853. The van der Waals surface area contributed by atoms with Crippen LogP contribution >= 0.6 is 43.6 Å². The molecule has 4 aromatic rings. The second-order valence-corrected chi connectivity index (χ2v) is 14.6. The summed E-state index contributed by atoms with van der Waals surface area (Å²) < 4.78 is 80.7. The van der Waals surface area contributed by atoms with Crippen molar-refractivity contribution in [1.29, 1.82) is 0 Å². The third kappa shape index (κ3) is 10.4. The average Bonchev–Trinajstić information content (AvgIpc) is 3.54. The highest BCUT2D eigenvalue weighted by Gasteiger charge is 2.33. The summed E-state index contributed by atoms with van der Waals surface area (Å²) in [5.41, 5.74) is 2.98. The number of hydrogen-bond donors (Lipinski definition) is 1. The van der Waals surface area contributed by atoms with Crippen LogP contribution in [-0.4, -0.2) is 89.6 Å². The normalized spacial score (nSPS) is 13.9. The maximum Gasteiger partial charge on any atom is 0.251 e. The molecule has 1 aromatic heterocycles. The van der Waals surface area contributed by atoms with E-state index in [1.807, 2.05) is 10.6 Å². The number of thioether (sulfide) groups is 1. The SMILES string of the molecule is COCCOCCOCCOCCNC(=O)c1cc(F)c(CSc2nc3c(n2-c2ccc(F)cc2)C(c2cc(OC)c(OC)c(Br)c2Br)CCC3)c(F)c1. The number of carbonyl (C=O) groups excluding carboxylic acids is 1. The van der Waals surface area contributed by atoms with Crippen molar-refractivity contribution in [1.82, 2.24) is 14.9 Å². The van der Waals surface area contributed by atoms with Gasteiger partial charge in [0.2, 0.25) is 0 Å². The maximum atomic E-state index is 15.5. The molecule has 54 heavy (non-hydrogen) atoms. The number of aromatic nitrogens is 2. The molecule has 0 saturated carbocycles. The summed E-state index contributed by atoms with van der Waals surface area (Å²) in [5.74, 6) is -1.91. The number of ether oxygens (including phenoxy) is 6. The number of halogens is 5. The lowest BCUT2D eigenvalue weighted by molar-refractivity contribution is 0.00414. The van der Waals surface area contributed by atoms with E-state index in [4.69, 9.17) is 33.4 Å². The lowest BCUT2D eigenvalue weighted by Gasteiger charge is -2.27. The Morgan fingerprint density at radius 2 is 1.54 bits per heavy atom. The number of rotatable bonds is 20. The molecular formula is C38H42Br2F3N3O7S. The van der Waals surface area contributed by atoms with E-state index in [1.54, 1.807) is 33.5 Å². The first kappa shape index (κ1) is 42.0. The van der Waals surface area contributed by atoms with Crippen LogP contribution in [0.3, 0.4) is 0 Å². The summed E-state index contributed by atoms with van der Waals surface area (Å²) in [6.07, 6.45) is 2.32. The second kappa shape index (κ2) is 20.7. The third-order valence-electron chi connectivity index (χ3n) is 8.69. The van der Waals surface area contributed by atoms with E-state index in [2.05, 4.69) is 37.2 Å². The molecule has 1 unspecified atom stereocenters. The number of methoxy groups -OCH3 is 3. The molecule has 0 fully saturated rings. The summed E-state index contributed by atoms with van der Waals surface area (Å²) in [6.45, 7) is 2.92. The van der Waals surface area contributed by atoms with E-state index in [0.717, 1.165) is 58.2 Å². The molecule has 1 atom stereocenters. The Balaban J connectivity index is 1.28. The molecule has 0 radical (unpaired) electrons. The van der Waals surface area contributed by atoms with Crippen molar-refractivity contribution in [2.24, 2.45) is 0 Å². The zero-order valence-electron chi connectivity index (χ0n) is 30.2. The van der Waals surface area contributed by atoms with E-state index in [1.165, 1.54) is 12.1 Å². The zero-order valence-corrected chi connectivity index (χ0v) is 34.1. The van der Waals surface area contributed by atoms with E-state index in [0.29, 0.717) is 72.9 Å². The summed E-state index contributed by atoms with van der Waals surface area (Å²) >= 11 is 8.56. The van der Waals surface area contributed by atoms with Crippen molar-refractivity contribution in [3.05, 3.63) is 96.9 Å². The monoisotopic (exact) mass is 899 g/mol. The van der Waals surface area contributed by atoms with Gasteiger partial charge in [0.15, 0.2) is 16.7 Å². The fourth-order valence-electron chi connectivity index (χ4n) is 6.08. The van der Waals surface area contributed by atoms with Crippen LogP contribution < -0.4 is 14.8 Å². The van der Waals surface area contributed by atoms with Crippen molar-refractivity contribution >= 4 is 49.5 Å². The lowest BCUT2D eigenvalue weighted by atomic mass is 9.84. The van der Waals surface area contributed by atoms with Crippen molar-refractivity contribution < 1.29 is 46.4 Å². The van der Waals surface area contributed by atoms with Crippen LogP contribution in [0.15, 0.2) is 56.6 Å². The van der Waals surface area contributed by atoms with Gasteiger partial charge >= 0.3 is 0 Å². The number of nitrogens with zero attached hydrogens (tertiary/aromatic N) is 2. The number of imidazole rings is 1. The Hall–Kier alpha value is -3.12. The summed E-state index contributed by atoms with van der Waals surface area (Å²) in [7, 11) is 4.74. The van der Waals surface area contributed by atoms with E-state index in [9.17, 15) is 9.18 Å². The summed E-state index contributed by atoms with van der Waals surface area (Å²) in [5, 5.41) is 3.12. The molecular weight excluding hydrogens is 859 g/mol. The molecule has 0 spiro atoms. The van der Waals surface area contributed by atoms with Gasteiger partial charge in [-0.15, -0.1) is 0 Å². The van der Waals surface area contributed by atoms with Gasteiger partial charge in [0.05, 0.1) is 76.3 Å². The van der Waals surface area contributed by atoms with Gasteiger partial charge in [-0.3, -0.25) is 9.36 Å². The first-order chi connectivity index (χ1) is 26.2. The molecule has 0 aliphatic heterocycles. The maximum absolute atomic E-state index is 15.5. The molecule has 0 bridgehead atoms. The van der Waals surface area contributed by atoms with Crippen LogP contribution in [0.1, 0.15) is 51.6 Å². The predicted molar refractivity (Wildman–Crippen MR) is 206 cm³/mol. The molecule has 1 amide bonds. The largest absolute Gasteiger partial charge is 0.493 e. The van der Waals surface area contributed by atoms with Crippen molar-refractivity contribution in [3.63, 3.8) is 0 Å². The molecule has 3 aromatic carbocycles. The third-order valence-corrected chi connectivity index (χ3v) is 11.8. The van der Waals surface area contributed by atoms with Gasteiger partial charge in [-0.05, 0) is 99.2 Å². The first-order valence-electron chi connectivity index (χ1n) is 17.3. The number of benzene rings is 3. The molecule has 1 N–H and O–H groups in total. The van der Waals surface area contributed by atoms with Gasteiger partial charge in [0.25, 0.3) is 5.91 Å². The van der Waals surface area contributed by atoms with Gasteiger partial charge in [-0.2, -0.15) is 0 Å². The Bertz CT molecular complexity index is 1860.